The maximum absolute atomic E-state index is 5.18. The first kappa shape index (κ1) is 12.1. The van der Waals surface area contributed by atoms with Crippen molar-refractivity contribution in [1.29, 1.82) is 0 Å². The average Bonchev–Trinajstić information content (AvgIpc) is 2.71. The Bertz CT molecular complexity index is 476. The Morgan fingerprint density at radius 2 is 2.12 bits per heavy atom. The Balaban J connectivity index is 2.34. The summed E-state index contributed by atoms with van der Waals surface area (Å²) in [4.78, 5) is 0. The number of aromatic nitrogens is 1. The zero-order valence-corrected chi connectivity index (χ0v) is 10.6. The van der Waals surface area contributed by atoms with Gasteiger partial charge in [0.1, 0.15) is 0 Å². The SMILES string of the molecule is CCNCc1cc2ccccc2n1CCOC. The second-order valence-corrected chi connectivity index (χ2v) is 4.12. The van der Waals surface area contributed by atoms with Crippen molar-refractivity contribution in [3.8, 4) is 0 Å². The third-order valence-electron chi connectivity index (χ3n) is 2.97. The molecule has 3 nitrogen and oxygen atoms in total. The standard InChI is InChI=1S/C14H20N2O/c1-3-15-11-13-10-12-6-4-5-7-14(12)16(13)8-9-17-2/h4-7,10,15H,3,8-9,11H2,1-2H3. The van der Waals surface area contributed by atoms with Gasteiger partial charge in [0.25, 0.3) is 0 Å². The third kappa shape index (κ3) is 2.68. The van der Waals surface area contributed by atoms with E-state index in [0.717, 1.165) is 26.2 Å². The number of benzene rings is 1. The van der Waals surface area contributed by atoms with Gasteiger partial charge < -0.3 is 14.6 Å². The Labute approximate surface area is 102 Å². The largest absolute Gasteiger partial charge is 0.383 e. The van der Waals surface area contributed by atoms with Gasteiger partial charge in [0.15, 0.2) is 0 Å². The minimum absolute atomic E-state index is 0.748. The molecule has 0 saturated carbocycles. The van der Waals surface area contributed by atoms with Gasteiger partial charge in [-0.3, -0.25) is 0 Å². The molecule has 0 atom stereocenters. The summed E-state index contributed by atoms with van der Waals surface area (Å²) in [5, 5.41) is 4.68. The molecular formula is C14H20N2O. The van der Waals surface area contributed by atoms with E-state index in [2.05, 4.69) is 47.1 Å². The van der Waals surface area contributed by atoms with Crippen molar-refractivity contribution in [2.45, 2.75) is 20.0 Å². The highest BCUT2D eigenvalue weighted by molar-refractivity contribution is 5.81. The average molecular weight is 232 g/mol. The summed E-state index contributed by atoms with van der Waals surface area (Å²) in [6.07, 6.45) is 0. The van der Waals surface area contributed by atoms with E-state index >= 15 is 0 Å². The van der Waals surface area contributed by atoms with Gasteiger partial charge in [-0.1, -0.05) is 25.1 Å². The minimum atomic E-state index is 0.748. The number of nitrogens with zero attached hydrogens (tertiary/aromatic N) is 1. The zero-order valence-electron chi connectivity index (χ0n) is 10.6. The van der Waals surface area contributed by atoms with Crippen LogP contribution in [-0.2, 0) is 17.8 Å². The highest BCUT2D eigenvalue weighted by Gasteiger charge is 2.07. The monoisotopic (exact) mass is 232 g/mol. The van der Waals surface area contributed by atoms with E-state index in [1.54, 1.807) is 7.11 Å². The summed E-state index contributed by atoms with van der Waals surface area (Å²) in [5.74, 6) is 0. The number of methoxy groups -OCH3 is 1. The summed E-state index contributed by atoms with van der Waals surface area (Å²) >= 11 is 0. The van der Waals surface area contributed by atoms with E-state index < -0.39 is 0 Å². The molecule has 0 unspecified atom stereocenters. The molecule has 2 aromatic rings. The molecular weight excluding hydrogens is 212 g/mol. The molecule has 0 aliphatic rings. The molecule has 3 heteroatoms. The van der Waals surface area contributed by atoms with Crippen LogP contribution in [0.4, 0.5) is 0 Å². The van der Waals surface area contributed by atoms with Crippen LogP contribution in [0.2, 0.25) is 0 Å². The molecule has 2 rings (SSSR count). The van der Waals surface area contributed by atoms with Crippen molar-refractivity contribution in [3.63, 3.8) is 0 Å². The number of hydrogen-bond donors (Lipinski definition) is 1. The fraction of sp³-hybridized carbons (Fsp3) is 0.429. The second-order valence-electron chi connectivity index (χ2n) is 4.12. The van der Waals surface area contributed by atoms with E-state index in [9.17, 15) is 0 Å². The highest BCUT2D eigenvalue weighted by atomic mass is 16.5. The van der Waals surface area contributed by atoms with Crippen LogP contribution in [-0.4, -0.2) is 24.8 Å². The van der Waals surface area contributed by atoms with Crippen LogP contribution in [0, 0.1) is 0 Å². The lowest BCUT2D eigenvalue weighted by atomic mass is 10.2. The molecule has 1 heterocycles. The van der Waals surface area contributed by atoms with Crippen molar-refractivity contribution >= 4 is 10.9 Å². The zero-order chi connectivity index (χ0) is 12.1. The van der Waals surface area contributed by atoms with Crippen LogP contribution in [0.1, 0.15) is 12.6 Å². The molecule has 92 valence electrons. The molecule has 1 aromatic carbocycles. The Morgan fingerprint density at radius 1 is 1.29 bits per heavy atom. The minimum Gasteiger partial charge on any atom is -0.383 e. The van der Waals surface area contributed by atoms with Crippen LogP contribution in [0.5, 0.6) is 0 Å². The topological polar surface area (TPSA) is 26.2 Å². The van der Waals surface area contributed by atoms with Crippen LogP contribution in [0.3, 0.4) is 0 Å². The van der Waals surface area contributed by atoms with Gasteiger partial charge >= 0.3 is 0 Å². The number of para-hydroxylation sites is 1. The summed E-state index contributed by atoms with van der Waals surface area (Å²) in [6.45, 7) is 5.69. The van der Waals surface area contributed by atoms with Gasteiger partial charge in [0, 0.05) is 31.4 Å². The summed E-state index contributed by atoms with van der Waals surface area (Å²) in [6, 6.07) is 10.8. The van der Waals surface area contributed by atoms with Gasteiger partial charge in [0.05, 0.1) is 6.61 Å². The summed E-state index contributed by atoms with van der Waals surface area (Å²) in [7, 11) is 1.75. The van der Waals surface area contributed by atoms with E-state index in [4.69, 9.17) is 4.74 Å². The van der Waals surface area contributed by atoms with Crippen molar-refractivity contribution in [2.75, 3.05) is 20.3 Å². The number of nitrogens with one attached hydrogen (secondary N) is 1. The van der Waals surface area contributed by atoms with Gasteiger partial charge in [-0.05, 0) is 24.1 Å². The van der Waals surface area contributed by atoms with Gasteiger partial charge in [-0.2, -0.15) is 0 Å². The predicted molar refractivity (Wildman–Crippen MR) is 71.2 cm³/mol. The molecule has 0 aliphatic carbocycles. The highest BCUT2D eigenvalue weighted by Crippen LogP contribution is 2.19. The van der Waals surface area contributed by atoms with E-state index in [-0.39, 0.29) is 0 Å². The molecule has 0 radical (unpaired) electrons. The first-order chi connectivity index (χ1) is 8.36. The molecule has 0 fully saturated rings. The lowest BCUT2D eigenvalue weighted by Crippen LogP contribution is -2.16. The quantitative estimate of drug-likeness (QED) is 0.827. The lowest BCUT2D eigenvalue weighted by molar-refractivity contribution is 0.187. The molecule has 1 aromatic heterocycles. The fourth-order valence-electron chi connectivity index (χ4n) is 2.11. The molecule has 0 aliphatic heterocycles. The summed E-state index contributed by atoms with van der Waals surface area (Å²) in [5.41, 5.74) is 2.61. The van der Waals surface area contributed by atoms with Crippen LogP contribution >= 0.6 is 0 Å². The smallest absolute Gasteiger partial charge is 0.0642 e. The van der Waals surface area contributed by atoms with Crippen LogP contribution in [0.25, 0.3) is 10.9 Å². The van der Waals surface area contributed by atoms with Crippen molar-refractivity contribution in [1.82, 2.24) is 9.88 Å². The Kier molecular flexibility index (Phi) is 4.18. The normalized spacial score (nSPS) is 11.2. The van der Waals surface area contributed by atoms with E-state index in [1.165, 1.54) is 16.6 Å². The number of ether oxygens (including phenoxy) is 1. The number of hydrogen-bond acceptors (Lipinski definition) is 2. The van der Waals surface area contributed by atoms with Gasteiger partial charge in [0.2, 0.25) is 0 Å². The van der Waals surface area contributed by atoms with Gasteiger partial charge in [-0.25, -0.2) is 0 Å². The second kappa shape index (κ2) is 5.84. The molecule has 0 amide bonds. The molecule has 0 spiro atoms. The van der Waals surface area contributed by atoms with Crippen molar-refractivity contribution in [2.24, 2.45) is 0 Å². The summed E-state index contributed by atoms with van der Waals surface area (Å²) < 4.78 is 7.52. The van der Waals surface area contributed by atoms with E-state index in [0.29, 0.717) is 0 Å². The lowest BCUT2D eigenvalue weighted by Gasteiger charge is -2.10. The van der Waals surface area contributed by atoms with E-state index in [1.807, 2.05) is 0 Å². The predicted octanol–water partition coefficient (Wildman–Crippen LogP) is 2.40. The van der Waals surface area contributed by atoms with Crippen molar-refractivity contribution < 1.29 is 4.74 Å². The first-order valence-electron chi connectivity index (χ1n) is 6.13. The molecule has 17 heavy (non-hydrogen) atoms. The molecule has 0 saturated heterocycles. The number of fused-ring (bicyclic) bond motifs is 1. The maximum atomic E-state index is 5.18. The van der Waals surface area contributed by atoms with Gasteiger partial charge in [-0.15, -0.1) is 0 Å². The van der Waals surface area contributed by atoms with Crippen LogP contribution < -0.4 is 5.32 Å². The first-order valence-corrected chi connectivity index (χ1v) is 6.13. The Morgan fingerprint density at radius 3 is 2.88 bits per heavy atom. The maximum Gasteiger partial charge on any atom is 0.0642 e. The molecule has 1 N–H and O–H groups in total. The molecule has 0 bridgehead atoms. The number of rotatable bonds is 6. The fourth-order valence-corrected chi connectivity index (χ4v) is 2.11. The van der Waals surface area contributed by atoms with Crippen LogP contribution in [0.15, 0.2) is 30.3 Å². The third-order valence-corrected chi connectivity index (χ3v) is 2.97. The van der Waals surface area contributed by atoms with Crippen molar-refractivity contribution in [3.05, 3.63) is 36.0 Å². The Hall–Kier alpha value is -1.32.